The van der Waals surface area contributed by atoms with Crippen LogP contribution >= 0.6 is 15.9 Å². The zero-order valence-electron chi connectivity index (χ0n) is 9.41. The summed E-state index contributed by atoms with van der Waals surface area (Å²) in [5, 5.41) is 14.8. The summed E-state index contributed by atoms with van der Waals surface area (Å²) in [6, 6.07) is 0. The molecule has 9 heteroatoms. The summed E-state index contributed by atoms with van der Waals surface area (Å²) in [4.78, 5) is 11.7. The summed E-state index contributed by atoms with van der Waals surface area (Å²) in [6.07, 6.45) is -1.10. The highest BCUT2D eigenvalue weighted by Gasteiger charge is 2.37. The number of aromatic nitrogens is 2. The third kappa shape index (κ3) is 3.97. The summed E-state index contributed by atoms with van der Waals surface area (Å²) < 4.78 is 37.2. The Bertz CT molecular complexity index is 550. The molecule has 19 heavy (non-hydrogen) atoms. The molecule has 104 valence electrons. The molecule has 1 rings (SSSR count). The number of halogens is 4. The monoisotopic (exact) mass is 339 g/mol. The molecular weight excluding hydrogens is 331 g/mol. The van der Waals surface area contributed by atoms with Crippen molar-refractivity contribution in [2.24, 2.45) is 0 Å². The molecule has 0 bridgehead atoms. The number of alkyl halides is 3. The van der Waals surface area contributed by atoms with E-state index in [-0.39, 0.29) is 16.7 Å². The molecule has 1 atom stereocenters. The minimum Gasteiger partial charge on any atom is -0.382 e. The van der Waals surface area contributed by atoms with E-state index in [1.165, 1.54) is 0 Å². The number of hydrogen-bond acceptors (Lipinski definition) is 4. The predicted octanol–water partition coefficient (Wildman–Crippen LogP) is 0.974. The molecule has 0 saturated heterocycles. The molecule has 0 fully saturated rings. The summed E-state index contributed by atoms with van der Waals surface area (Å²) in [5.74, 6) is 2.21. The highest BCUT2D eigenvalue weighted by Crippen LogP contribution is 2.21. The lowest BCUT2D eigenvalue weighted by molar-refractivity contribution is -0.198. The average molecular weight is 340 g/mol. The van der Waals surface area contributed by atoms with Crippen molar-refractivity contribution in [2.45, 2.75) is 18.8 Å². The van der Waals surface area contributed by atoms with Crippen LogP contribution in [0.2, 0.25) is 0 Å². The van der Waals surface area contributed by atoms with Gasteiger partial charge in [0, 0.05) is 6.54 Å². The molecule has 0 amide bonds. The normalized spacial score (nSPS) is 12.8. The summed E-state index contributed by atoms with van der Waals surface area (Å²) in [6.45, 7) is -0.842. The molecule has 0 aliphatic rings. The lowest BCUT2D eigenvalue weighted by atomic mass is 10.3. The Morgan fingerprint density at radius 1 is 1.63 bits per heavy atom. The summed E-state index contributed by atoms with van der Waals surface area (Å²) in [7, 11) is 0. The fraction of sp³-hybridized carbons (Fsp3) is 0.400. The van der Waals surface area contributed by atoms with Crippen molar-refractivity contribution in [2.75, 3.05) is 11.9 Å². The van der Waals surface area contributed by atoms with Crippen LogP contribution in [0.25, 0.3) is 0 Å². The fourth-order valence-corrected chi connectivity index (χ4v) is 1.56. The van der Waals surface area contributed by atoms with E-state index < -0.39 is 24.4 Å². The van der Waals surface area contributed by atoms with E-state index in [0.717, 1.165) is 10.9 Å². The van der Waals surface area contributed by atoms with Crippen LogP contribution < -0.4 is 10.9 Å². The van der Waals surface area contributed by atoms with Gasteiger partial charge in [-0.1, -0.05) is 5.92 Å². The predicted molar refractivity (Wildman–Crippen MR) is 65.6 cm³/mol. The van der Waals surface area contributed by atoms with Crippen molar-refractivity contribution in [1.82, 2.24) is 9.78 Å². The molecule has 2 N–H and O–H groups in total. The first-order chi connectivity index (χ1) is 8.77. The third-order valence-corrected chi connectivity index (χ3v) is 2.86. The summed E-state index contributed by atoms with van der Waals surface area (Å²) >= 11 is 2.93. The fourth-order valence-electron chi connectivity index (χ4n) is 1.11. The second-order valence-electron chi connectivity index (χ2n) is 3.48. The minimum atomic E-state index is -4.73. The zero-order valence-corrected chi connectivity index (χ0v) is 11.0. The van der Waals surface area contributed by atoms with Gasteiger partial charge < -0.3 is 10.4 Å². The maximum Gasteiger partial charge on any atom is 0.416 e. The van der Waals surface area contributed by atoms with E-state index in [1.807, 2.05) is 0 Å². The van der Waals surface area contributed by atoms with Crippen LogP contribution in [0.4, 0.5) is 18.9 Å². The van der Waals surface area contributed by atoms with Crippen molar-refractivity contribution in [3.05, 3.63) is 21.0 Å². The SMILES string of the molecule is C#CCn1ncc(NCC(O)C(F)(F)F)c(Br)c1=O. The van der Waals surface area contributed by atoms with Gasteiger partial charge in [0.1, 0.15) is 11.0 Å². The van der Waals surface area contributed by atoms with E-state index in [1.54, 1.807) is 0 Å². The highest BCUT2D eigenvalue weighted by atomic mass is 79.9. The van der Waals surface area contributed by atoms with Gasteiger partial charge in [-0.2, -0.15) is 18.3 Å². The molecule has 1 unspecified atom stereocenters. The lowest BCUT2D eigenvalue weighted by Crippen LogP contribution is -2.35. The molecule has 0 aliphatic carbocycles. The first kappa shape index (κ1) is 15.5. The van der Waals surface area contributed by atoms with Gasteiger partial charge in [0.05, 0.1) is 11.9 Å². The molecule has 1 aromatic rings. The van der Waals surface area contributed by atoms with Gasteiger partial charge in [-0.05, 0) is 15.9 Å². The smallest absolute Gasteiger partial charge is 0.382 e. The highest BCUT2D eigenvalue weighted by molar-refractivity contribution is 9.10. The number of aliphatic hydroxyl groups excluding tert-OH is 1. The molecular formula is C10H9BrF3N3O2. The maximum atomic E-state index is 12.1. The Labute approximate surface area is 114 Å². The molecule has 5 nitrogen and oxygen atoms in total. The largest absolute Gasteiger partial charge is 0.416 e. The standard InChI is InChI=1S/C10H9BrF3N3O2/c1-2-3-17-9(19)8(11)6(4-16-17)15-5-7(18)10(12,13)14/h1,4,7,15,18H,3,5H2. The minimum absolute atomic E-state index is 0.00729. The first-order valence-corrected chi connectivity index (χ1v) is 5.74. The molecule has 0 radical (unpaired) electrons. The summed E-state index contributed by atoms with van der Waals surface area (Å²) in [5.41, 5.74) is -0.536. The molecule has 0 aromatic carbocycles. The van der Waals surface area contributed by atoms with E-state index in [2.05, 4.69) is 32.3 Å². The number of aliphatic hydroxyl groups is 1. The van der Waals surface area contributed by atoms with Crippen LogP contribution in [0.15, 0.2) is 15.5 Å². The van der Waals surface area contributed by atoms with Crippen LogP contribution in [0, 0.1) is 12.3 Å². The number of terminal acetylenes is 1. The van der Waals surface area contributed by atoms with Gasteiger partial charge >= 0.3 is 6.18 Å². The number of hydrogen-bond donors (Lipinski definition) is 2. The van der Waals surface area contributed by atoms with E-state index in [9.17, 15) is 18.0 Å². The first-order valence-electron chi connectivity index (χ1n) is 4.95. The van der Waals surface area contributed by atoms with Crippen molar-refractivity contribution in [3.8, 4) is 12.3 Å². The van der Waals surface area contributed by atoms with Crippen molar-refractivity contribution in [3.63, 3.8) is 0 Å². The average Bonchev–Trinajstić information content (AvgIpc) is 2.32. The van der Waals surface area contributed by atoms with Gasteiger partial charge in [-0.3, -0.25) is 4.79 Å². The number of nitrogens with zero attached hydrogens (tertiary/aromatic N) is 2. The van der Waals surface area contributed by atoms with Gasteiger partial charge in [-0.15, -0.1) is 6.42 Å². The maximum absolute atomic E-state index is 12.1. The quantitative estimate of drug-likeness (QED) is 0.802. The van der Waals surface area contributed by atoms with E-state index in [4.69, 9.17) is 11.5 Å². The second-order valence-corrected chi connectivity index (χ2v) is 4.27. The Hall–Kier alpha value is -1.53. The number of rotatable bonds is 4. The van der Waals surface area contributed by atoms with Gasteiger partial charge in [0.25, 0.3) is 5.56 Å². The zero-order chi connectivity index (χ0) is 14.6. The van der Waals surface area contributed by atoms with E-state index >= 15 is 0 Å². The Balaban J connectivity index is 2.85. The van der Waals surface area contributed by atoms with Gasteiger partial charge in [0.2, 0.25) is 0 Å². The Kier molecular flexibility index (Phi) is 4.97. The number of anilines is 1. The van der Waals surface area contributed by atoms with Crippen molar-refractivity contribution >= 4 is 21.6 Å². The van der Waals surface area contributed by atoms with Gasteiger partial charge in [-0.25, -0.2) is 4.68 Å². The van der Waals surface area contributed by atoms with Crippen LogP contribution in [-0.2, 0) is 6.54 Å². The topological polar surface area (TPSA) is 67.2 Å². The molecule has 1 heterocycles. The molecule has 0 aliphatic heterocycles. The number of nitrogens with one attached hydrogen (secondary N) is 1. The van der Waals surface area contributed by atoms with Crippen LogP contribution in [0.3, 0.4) is 0 Å². The second kappa shape index (κ2) is 6.08. The Morgan fingerprint density at radius 2 is 2.26 bits per heavy atom. The molecule has 0 saturated carbocycles. The third-order valence-electron chi connectivity index (χ3n) is 2.09. The van der Waals surface area contributed by atoms with E-state index in [0.29, 0.717) is 0 Å². The van der Waals surface area contributed by atoms with Crippen LogP contribution in [0.5, 0.6) is 0 Å². The molecule has 1 aromatic heterocycles. The molecule has 0 spiro atoms. The van der Waals surface area contributed by atoms with Crippen molar-refractivity contribution < 1.29 is 18.3 Å². The lowest BCUT2D eigenvalue weighted by Gasteiger charge is -2.16. The van der Waals surface area contributed by atoms with Gasteiger partial charge in [0.15, 0.2) is 6.10 Å². The van der Waals surface area contributed by atoms with Crippen LogP contribution in [-0.4, -0.2) is 33.7 Å². The Morgan fingerprint density at radius 3 is 2.79 bits per heavy atom. The van der Waals surface area contributed by atoms with Crippen LogP contribution in [0.1, 0.15) is 0 Å². The van der Waals surface area contributed by atoms with Crippen molar-refractivity contribution in [1.29, 1.82) is 0 Å².